The highest BCUT2D eigenvalue weighted by molar-refractivity contribution is 6.33. The molecule has 0 atom stereocenters. The summed E-state index contributed by atoms with van der Waals surface area (Å²) in [6.45, 7) is 0. The third kappa shape index (κ3) is 2.84. The average Bonchev–Trinajstić information content (AvgIpc) is 2.47. The van der Waals surface area contributed by atoms with Crippen molar-refractivity contribution >= 4 is 29.2 Å². The van der Waals surface area contributed by atoms with E-state index in [0.717, 1.165) is 11.1 Å². The van der Waals surface area contributed by atoms with Crippen LogP contribution in [0.1, 0.15) is 0 Å². The Balaban J connectivity index is 2.18. The molecule has 0 aliphatic carbocycles. The molecule has 0 spiro atoms. The monoisotopic (exact) mass is 315 g/mol. The van der Waals surface area contributed by atoms with E-state index in [4.69, 9.17) is 28.9 Å². The molecule has 0 saturated heterocycles. The lowest BCUT2D eigenvalue weighted by molar-refractivity contribution is 1.19. The maximum Gasteiger partial charge on any atom is 0.221 e. The van der Waals surface area contributed by atoms with Gasteiger partial charge >= 0.3 is 0 Å². The average molecular weight is 316 g/mol. The number of hydrogen-bond acceptors (Lipinski definition) is 3. The summed E-state index contributed by atoms with van der Waals surface area (Å²) in [5.41, 5.74) is 8.78. The molecule has 0 aliphatic heterocycles. The zero-order chi connectivity index (χ0) is 14.8. The molecule has 0 unspecified atom stereocenters. The Labute approximate surface area is 132 Å². The lowest BCUT2D eigenvalue weighted by Gasteiger charge is -2.08. The highest BCUT2D eigenvalue weighted by Crippen LogP contribution is 2.31. The smallest absolute Gasteiger partial charge is 0.221 e. The molecule has 104 valence electrons. The van der Waals surface area contributed by atoms with Crippen LogP contribution in [0.2, 0.25) is 10.0 Å². The number of hydrogen-bond donors (Lipinski definition) is 1. The Bertz CT molecular complexity index is 739. The Morgan fingerprint density at radius 3 is 1.57 bits per heavy atom. The minimum absolute atomic E-state index is 0.183. The fourth-order valence-electron chi connectivity index (χ4n) is 2.08. The van der Waals surface area contributed by atoms with Gasteiger partial charge in [0.2, 0.25) is 5.95 Å². The number of nitrogen functional groups attached to an aromatic ring is 1. The maximum absolute atomic E-state index is 6.21. The molecule has 3 aromatic rings. The number of anilines is 1. The zero-order valence-electron chi connectivity index (χ0n) is 10.9. The minimum atomic E-state index is 0.183. The van der Waals surface area contributed by atoms with Crippen molar-refractivity contribution in [2.45, 2.75) is 0 Å². The SMILES string of the molecule is Nc1nc(-c2ccccc2Cl)cc(-c2ccccc2Cl)n1. The fraction of sp³-hybridized carbons (Fsp3) is 0. The van der Waals surface area contributed by atoms with Gasteiger partial charge < -0.3 is 5.73 Å². The molecule has 5 heteroatoms. The van der Waals surface area contributed by atoms with E-state index in [-0.39, 0.29) is 5.95 Å². The van der Waals surface area contributed by atoms with Crippen LogP contribution in [0.3, 0.4) is 0 Å². The summed E-state index contributed by atoms with van der Waals surface area (Å²) in [5, 5.41) is 1.22. The van der Waals surface area contributed by atoms with Gasteiger partial charge in [0.25, 0.3) is 0 Å². The minimum Gasteiger partial charge on any atom is -0.368 e. The summed E-state index contributed by atoms with van der Waals surface area (Å²) in [4.78, 5) is 8.52. The molecule has 3 nitrogen and oxygen atoms in total. The molecular weight excluding hydrogens is 305 g/mol. The second kappa shape index (κ2) is 5.72. The number of aromatic nitrogens is 2. The van der Waals surface area contributed by atoms with Gasteiger partial charge in [-0.1, -0.05) is 59.6 Å². The third-order valence-corrected chi connectivity index (χ3v) is 3.70. The number of nitrogens with zero attached hydrogens (tertiary/aromatic N) is 2. The van der Waals surface area contributed by atoms with Crippen LogP contribution in [0.25, 0.3) is 22.5 Å². The van der Waals surface area contributed by atoms with Gasteiger partial charge in [-0.05, 0) is 18.2 Å². The molecular formula is C16H11Cl2N3. The van der Waals surface area contributed by atoms with E-state index >= 15 is 0 Å². The summed E-state index contributed by atoms with van der Waals surface area (Å²) in [6, 6.07) is 16.8. The van der Waals surface area contributed by atoms with Gasteiger partial charge in [-0.25, -0.2) is 9.97 Å². The summed E-state index contributed by atoms with van der Waals surface area (Å²) in [6.07, 6.45) is 0. The van der Waals surface area contributed by atoms with Gasteiger partial charge in [0.05, 0.1) is 11.4 Å². The second-order valence-electron chi connectivity index (χ2n) is 4.46. The van der Waals surface area contributed by atoms with E-state index < -0.39 is 0 Å². The summed E-state index contributed by atoms with van der Waals surface area (Å²) < 4.78 is 0. The first-order valence-electron chi connectivity index (χ1n) is 6.29. The normalized spacial score (nSPS) is 10.6. The van der Waals surface area contributed by atoms with Crippen molar-refractivity contribution in [3.63, 3.8) is 0 Å². The Hall–Kier alpha value is -2.10. The van der Waals surface area contributed by atoms with Crippen molar-refractivity contribution in [2.75, 3.05) is 5.73 Å². The van der Waals surface area contributed by atoms with E-state index in [1.807, 2.05) is 54.6 Å². The molecule has 1 aromatic heterocycles. The molecule has 21 heavy (non-hydrogen) atoms. The van der Waals surface area contributed by atoms with E-state index in [9.17, 15) is 0 Å². The van der Waals surface area contributed by atoms with Crippen molar-refractivity contribution in [3.05, 3.63) is 64.6 Å². The van der Waals surface area contributed by atoms with Gasteiger partial charge in [-0.2, -0.15) is 0 Å². The van der Waals surface area contributed by atoms with E-state index in [1.54, 1.807) is 0 Å². The van der Waals surface area contributed by atoms with Gasteiger partial charge in [-0.3, -0.25) is 0 Å². The van der Waals surface area contributed by atoms with Crippen LogP contribution in [-0.4, -0.2) is 9.97 Å². The van der Waals surface area contributed by atoms with Gasteiger partial charge in [0.15, 0.2) is 0 Å². The zero-order valence-corrected chi connectivity index (χ0v) is 12.4. The standard InChI is InChI=1S/C16H11Cl2N3/c17-12-7-3-1-5-10(12)14-9-15(21-16(19)20-14)11-6-2-4-8-13(11)18/h1-9H,(H2,19,20,21). The molecule has 0 fully saturated rings. The van der Waals surface area contributed by atoms with Crippen LogP contribution in [0, 0.1) is 0 Å². The second-order valence-corrected chi connectivity index (χ2v) is 5.27. The van der Waals surface area contributed by atoms with Crippen LogP contribution < -0.4 is 5.73 Å². The summed E-state index contributed by atoms with van der Waals surface area (Å²) >= 11 is 12.4. The quantitative estimate of drug-likeness (QED) is 0.745. The Morgan fingerprint density at radius 1 is 0.714 bits per heavy atom. The van der Waals surface area contributed by atoms with E-state index in [1.165, 1.54) is 0 Å². The highest BCUT2D eigenvalue weighted by atomic mass is 35.5. The number of benzene rings is 2. The fourth-order valence-corrected chi connectivity index (χ4v) is 2.54. The molecule has 1 heterocycles. The molecule has 0 bridgehead atoms. The molecule has 0 radical (unpaired) electrons. The molecule has 0 aliphatic rings. The summed E-state index contributed by atoms with van der Waals surface area (Å²) in [5.74, 6) is 0.183. The molecule has 2 N–H and O–H groups in total. The largest absolute Gasteiger partial charge is 0.368 e. The van der Waals surface area contributed by atoms with E-state index in [0.29, 0.717) is 21.4 Å². The Morgan fingerprint density at radius 2 is 1.14 bits per heavy atom. The lowest BCUT2D eigenvalue weighted by Crippen LogP contribution is -1.99. The van der Waals surface area contributed by atoms with Gasteiger partial charge in [0.1, 0.15) is 0 Å². The predicted octanol–water partition coefficient (Wildman–Crippen LogP) is 4.70. The van der Waals surface area contributed by atoms with Gasteiger partial charge in [-0.15, -0.1) is 0 Å². The molecule has 0 saturated carbocycles. The lowest BCUT2D eigenvalue weighted by atomic mass is 10.1. The Kier molecular flexibility index (Phi) is 3.78. The van der Waals surface area contributed by atoms with Crippen molar-refractivity contribution in [1.29, 1.82) is 0 Å². The topological polar surface area (TPSA) is 51.8 Å². The van der Waals surface area contributed by atoms with Crippen LogP contribution >= 0.6 is 23.2 Å². The predicted molar refractivity (Wildman–Crippen MR) is 87.3 cm³/mol. The van der Waals surface area contributed by atoms with Crippen LogP contribution in [-0.2, 0) is 0 Å². The first-order valence-corrected chi connectivity index (χ1v) is 7.05. The van der Waals surface area contributed by atoms with Crippen LogP contribution in [0.15, 0.2) is 54.6 Å². The van der Waals surface area contributed by atoms with Gasteiger partial charge in [0, 0.05) is 21.2 Å². The first kappa shape index (κ1) is 13.9. The third-order valence-electron chi connectivity index (χ3n) is 3.04. The summed E-state index contributed by atoms with van der Waals surface area (Å²) in [7, 11) is 0. The van der Waals surface area contributed by atoms with Crippen LogP contribution in [0.4, 0.5) is 5.95 Å². The molecule has 3 rings (SSSR count). The molecule has 2 aromatic carbocycles. The number of halogens is 2. The maximum atomic E-state index is 6.21. The van der Waals surface area contributed by atoms with Crippen molar-refractivity contribution in [1.82, 2.24) is 9.97 Å². The molecule has 0 amide bonds. The first-order chi connectivity index (χ1) is 10.1. The van der Waals surface area contributed by atoms with E-state index in [2.05, 4.69) is 9.97 Å². The number of rotatable bonds is 2. The van der Waals surface area contributed by atoms with Crippen molar-refractivity contribution < 1.29 is 0 Å². The van der Waals surface area contributed by atoms with Crippen LogP contribution in [0.5, 0.6) is 0 Å². The van der Waals surface area contributed by atoms with Crippen molar-refractivity contribution in [2.24, 2.45) is 0 Å². The number of nitrogens with two attached hydrogens (primary N) is 1. The van der Waals surface area contributed by atoms with Crippen molar-refractivity contribution in [3.8, 4) is 22.5 Å². The highest BCUT2D eigenvalue weighted by Gasteiger charge is 2.11.